The van der Waals surface area contributed by atoms with E-state index < -0.39 is 0 Å². The lowest BCUT2D eigenvalue weighted by Crippen LogP contribution is -2.43. The molecular weight excluding hydrogens is 406 g/mol. The van der Waals surface area contributed by atoms with E-state index in [0.717, 1.165) is 56.9 Å². The molecule has 2 aromatic rings. The minimum absolute atomic E-state index is 0.0598. The van der Waals surface area contributed by atoms with Crippen molar-refractivity contribution in [2.45, 2.75) is 46.1 Å². The lowest BCUT2D eigenvalue weighted by Gasteiger charge is -2.32. The fourth-order valence-electron chi connectivity index (χ4n) is 4.25. The predicted octanol–water partition coefficient (Wildman–Crippen LogP) is 5.74. The minimum Gasteiger partial charge on any atom is -0.372 e. The van der Waals surface area contributed by atoms with Crippen molar-refractivity contribution in [3.8, 4) is 0 Å². The zero-order valence-corrected chi connectivity index (χ0v) is 20.8. The first-order valence-corrected chi connectivity index (χ1v) is 12.7. The minimum atomic E-state index is 0.0598. The van der Waals surface area contributed by atoms with E-state index in [-0.39, 0.29) is 5.78 Å². The summed E-state index contributed by atoms with van der Waals surface area (Å²) in [5.41, 5.74) is 4.38. The van der Waals surface area contributed by atoms with E-state index in [4.69, 9.17) is 0 Å². The smallest absolute Gasteiger partial charge is 0.185 e. The van der Waals surface area contributed by atoms with E-state index in [2.05, 4.69) is 65.9 Å². The highest BCUT2D eigenvalue weighted by atomic mass is 16.1. The highest BCUT2D eigenvalue weighted by Crippen LogP contribution is 2.19. The van der Waals surface area contributed by atoms with Crippen LogP contribution in [0.5, 0.6) is 0 Å². The molecule has 178 valence electrons. The van der Waals surface area contributed by atoms with E-state index in [1.54, 1.807) is 6.08 Å². The summed E-state index contributed by atoms with van der Waals surface area (Å²) in [6.45, 7) is 12.0. The Labute approximate surface area is 200 Å². The molecule has 1 fully saturated rings. The van der Waals surface area contributed by atoms with Gasteiger partial charge in [0.25, 0.3) is 0 Å². The van der Waals surface area contributed by atoms with Crippen LogP contribution in [0.2, 0.25) is 0 Å². The zero-order chi connectivity index (χ0) is 23.5. The van der Waals surface area contributed by atoms with Gasteiger partial charge in [0.1, 0.15) is 0 Å². The van der Waals surface area contributed by atoms with Gasteiger partial charge in [-0.05, 0) is 61.4 Å². The maximum Gasteiger partial charge on any atom is 0.185 e. The Morgan fingerprint density at radius 1 is 0.909 bits per heavy atom. The summed E-state index contributed by atoms with van der Waals surface area (Å²) in [7, 11) is 2.18. The average Bonchev–Trinajstić information content (AvgIpc) is 2.85. The molecular formula is C29H41N3O. The molecule has 0 aromatic heterocycles. The van der Waals surface area contributed by atoms with Crippen LogP contribution in [0.25, 0.3) is 6.08 Å². The Morgan fingerprint density at radius 2 is 1.55 bits per heavy atom. The van der Waals surface area contributed by atoms with Gasteiger partial charge in [-0.2, -0.15) is 0 Å². The quantitative estimate of drug-likeness (QED) is 0.306. The number of benzene rings is 2. The number of piperazine rings is 1. The molecule has 1 heterocycles. The van der Waals surface area contributed by atoms with E-state index in [0.29, 0.717) is 0 Å². The van der Waals surface area contributed by atoms with Crippen LogP contribution in [0.3, 0.4) is 0 Å². The zero-order valence-electron chi connectivity index (χ0n) is 20.8. The number of anilines is 1. The standard InChI is InChI=1S/C29H41N3O/c1-4-6-18-32(19-7-5-2)28-15-12-26(13-16-28)29(33)17-14-25-10-8-9-11-27(25)24-31-22-20-30(3)21-23-31/h8-17H,4-7,18-24H2,1-3H3/b17-14+. The number of nitrogens with zero attached hydrogens (tertiary/aromatic N) is 3. The predicted molar refractivity (Wildman–Crippen MR) is 141 cm³/mol. The van der Waals surface area contributed by atoms with Gasteiger partial charge in [-0.3, -0.25) is 9.69 Å². The van der Waals surface area contributed by atoms with Crippen molar-refractivity contribution in [1.82, 2.24) is 9.80 Å². The number of unbranched alkanes of at least 4 members (excludes halogenated alkanes) is 2. The molecule has 0 bridgehead atoms. The average molecular weight is 448 g/mol. The maximum atomic E-state index is 12.9. The first-order chi connectivity index (χ1) is 16.1. The van der Waals surface area contributed by atoms with Crippen LogP contribution in [0, 0.1) is 0 Å². The summed E-state index contributed by atoms with van der Waals surface area (Å²) >= 11 is 0. The molecule has 0 saturated carbocycles. The van der Waals surface area contributed by atoms with Gasteiger partial charge in [-0.15, -0.1) is 0 Å². The molecule has 1 aliphatic heterocycles. The van der Waals surface area contributed by atoms with E-state index in [1.807, 2.05) is 24.3 Å². The van der Waals surface area contributed by atoms with E-state index in [1.165, 1.54) is 36.9 Å². The second-order valence-electron chi connectivity index (χ2n) is 9.22. The molecule has 3 rings (SSSR count). The maximum absolute atomic E-state index is 12.9. The Morgan fingerprint density at radius 3 is 2.18 bits per heavy atom. The molecule has 0 spiro atoms. The van der Waals surface area contributed by atoms with Crippen molar-refractivity contribution >= 4 is 17.5 Å². The van der Waals surface area contributed by atoms with Crippen molar-refractivity contribution in [2.75, 3.05) is 51.2 Å². The van der Waals surface area contributed by atoms with E-state index in [9.17, 15) is 4.79 Å². The van der Waals surface area contributed by atoms with Gasteiger partial charge in [-0.25, -0.2) is 0 Å². The van der Waals surface area contributed by atoms with E-state index >= 15 is 0 Å². The Kier molecular flexibility index (Phi) is 10.2. The Hall–Kier alpha value is -2.43. The van der Waals surface area contributed by atoms with Crippen molar-refractivity contribution in [1.29, 1.82) is 0 Å². The number of hydrogen-bond acceptors (Lipinski definition) is 4. The largest absolute Gasteiger partial charge is 0.372 e. The first kappa shape index (κ1) is 25.2. The Bertz CT molecular complexity index is 874. The highest BCUT2D eigenvalue weighted by molar-refractivity contribution is 6.07. The van der Waals surface area contributed by atoms with Crippen molar-refractivity contribution in [2.24, 2.45) is 0 Å². The van der Waals surface area contributed by atoms with Gasteiger partial charge in [-0.1, -0.05) is 57.0 Å². The second kappa shape index (κ2) is 13.3. The molecule has 0 N–H and O–H groups in total. The summed E-state index contributed by atoms with van der Waals surface area (Å²) in [4.78, 5) is 20.2. The molecule has 0 aliphatic carbocycles. The lowest BCUT2D eigenvalue weighted by molar-refractivity contribution is 0.104. The molecule has 4 heteroatoms. The molecule has 0 radical (unpaired) electrons. The molecule has 0 amide bonds. The summed E-state index contributed by atoms with van der Waals surface area (Å²) in [6, 6.07) is 16.6. The highest BCUT2D eigenvalue weighted by Gasteiger charge is 2.15. The fraction of sp³-hybridized carbons (Fsp3) is 0.483. The molecule has 0 unspecified atom stereocenters. The van der Waals surface area contributed by atoms with Crippen molar-refractivity contribution in [3.05, 3.63) is 71.3 Å². The fourth-order valence-corrected chi connectivity index (χ4v) is 4.25. The third-order valence-electron chi connectivity index (χ3n) is 6.54. The molecule has 2 aromatic carbocycles. The number of carbonyl (C=O) groups excluding carboxylic acids is 1. The molecule has 0 atom stereocenters. The topological polar surface area (TPSA) is 26.8 Å². The monoisotopic (exact) mass is 447 g/mol. The van der Waals surface area contributed by atoms with Gasteiger partial charge >= 0.3 is 0 Å². The van der Waals surface area contributed by atoms with Crippen LogP contribution < -0.4 is 4.90 Å². The number of likely N-dealkylation sites (N-methyl/N-ethyl adjacent to an activating group) is 1. The summed E-state index contributed by atoms with van der Waals surface area (Å²) in [6.07, 6.45) is 8.49. The van der Waals surface area contributed by atoms with Crippen LogP contribution in [0.15, 0.2) is 54.6 Å². The van der Waals surface area contributed by atoms with Crippen LogP contribution in [0.4, 0.5) is 5.69 Å². The number of allylic oxidation sites excluding steroid dienone is 1. The Balaban J connectivity index is 1.64. The summed E-state index contributed by atoms with van der Waals surface area (Å²) in [5.74, 6) is 0.0598. The van der Waals surface area contributed by atoms with Gasteiger partial charge < -0.3 is 9.80 Å². The number of hydrogen-bond donors (Lipinski definition) is 0. The van der Waals surface area contributed by atoms with Gasteiger partial charge in [0, 0.05) is 57.1 Å². The number of ketones is 1. The third kappa shape index (κ3) is 7.83. The molecule has 1 saturated heterocycles. The summed E-state index contributed by atoms with van der Waals surface area (Å²) < 4.78 is 0. The lowest BCUT2D eigenvalue weighted by atomic mass is 10.0. The normalized spacial score (nSPS) is 15.2. The third-order valence-corrected chi connectivity index (χ3v) is 6.54. The molecule has 1 aliphatic rings. The molecule has 33 heavy (non-hydrogen) atoms. The van der Waals surface area contributed by atoms with Crippen LogP contribution in [-0.4, -0.2) is 61.9 Å². The van der Waals surface area contributed by atoms with Crippen molar-refractivity contribution in [3.63, 3.8) is 0 Å². The van der Waals surface area contributed by atoms with Crippen molar-refractivity contribution < 1.29 is 4.79 Å². The number of rotatable bonds is 12. The van der Waals surface area contributed by atoms with Gasteiger partial charge in [0.15, 0.2) is 5.78 Å². The number of carbonyl (C=O) groups is 1. The first-order valence-electron chi connectivity index (χ1n) is 12.7. The van der Waals surface area contributed by atoms with Crippen LogP contribution in [-0.2, 0) is 6.54 Å². The van der Waals surface area contributed by atoms with Gasteiger partial charge in [0.05, 0.1) is 0 Å². The molecule has 4 nitrogen and oxygen atoms in total. The van der Waals surface area contributed by atoms with Crippen LogP contribution >= 0.6 is 0 Å². The van der Waals surface area contributed by atoms with Gasteiger partial charge in [0.2, 0.25) is 0 Å². The van der Waals surface area contributed by atoms with Crippen LogP contribution in [0.1, 0.15) is 61.0 Å². The second-order valence-corrected chi connectivity index (χ2v) is 9.22. The summed E-state index contributed by atoms with van der Waals surface area (Å²) in [5, 5.41) is 0. The SMILES string of the molecule is CCCCN(CCCC)c1ccc(C(=O)/C=C/c2ccccc2CN2CCN(C)CC2)cc1.